The van der Waals surface area contributed by atoms with Crippen molar-refractivity contribution in [2.45, 2.75) is 11.4 Å². The van der Waals surface area contributed by atoms with Crippen LogP contribution in [0.2, 0.25) is 10.0 Å². The molecule has 5 nitrogen and oxygen atoms in total. The molecule has 128 valence electrons. The smallest absolute Gasteiger partial charge is 0.239 e. The summed E-state index contributed by atoms with van der Waals surface area (Å²) in [6.07, 6.45) is 1.54. The summed E-state index contributed by atoms with van der Waals surface area (Å²) in [6.45, 7) is 0.268. The van der Waals surface area contributed by atoms with Gasteiger partial charge in [-0.05, 0) is 30.3 Å². The van der Waals surface area contributed by atoms with Crippen LogP contribution >= 0.6 is 35.0 Å². The topological polar surface area (TPSA) is 62.6 Å². The molecule has 8 heteroatoms. The van der Waals surface area contributed by atoms with Crippen LogP contribution in [0.4, 0.5) is 0 Å². The summed E-state index contributed by atoms with van der Waals surface area (Å²) in [5.41, 5.74) is 0. The first-order valence-electron chi connectivity index (χ1n) is 7.06. The highest BCUT2D eigenvalue weighted by atomic mass is 35.5. The van der Waals surface area contributed by atoms with E-state index in [0.29, 0.717) is 22.4 Å². The Morgan fingerprint density at radius 3 is 2.79 bits per heavy atom. The summed E-state index contributed by atoms with van der Waals surface area (Å²) in [4.78, 5) is 26.0. The highest BCUT2D eigenvalue weighted by Crippen LogP contribution is 2.29. The Morgan fingerprint density at radius 1 is 1.29 bits per heavy atom. The van der Waals surface area contributed by atoms with Crippen LogP contribution in [0.5, 0.6) is 0 Å². The number of likely N-dealkylation sites (N-methyl/N-ethyl adjacent to an activating group) is 1. The molecule has 0 aliphatic carbocycles. The van der Waals surface area contributed by atoms with Crippen LogP contribution < -0.4 is 5.32 Å². The highest BCUT2D eigenvalue weighted by molar-refractivity contribution is 8.00. The van der Waals surface area contributed by atoms with Crippen molar-refractivity contribution in [3.63, 3.8) is 0 Å². The van der Waals surface area contributed by atoms with Gasteiger partial charge in [0.2, 0.25) is 11.8 Å². The van der Waals surface area contributed by atoms with Gasteiger partial charge in [-0.1, -0.05) is 23.2 Å². The lowest BCUT2D eigenvalue weighted by Crippen LogP contribution is -2.38. The van der Waals surface area contributed by atoms with Gasteiger partial charge in [-0.3, -0.25) is 9.59 Å². The van der Waals surface area contributed by atoms with Crippen LogP contribution in [0.15, 0.2) is 45.9 Å². The van der Waals surface area contributed by atoms with Gasteiger partial charge in [0.25, 0.3) is 0 Å². The third-order valence-corrected chi connectivity index (χ3v) is 4.81. The van der Waals surface area contributed by atoms with Gasteiger partial charge in [-0.2, -0.15) is 0 Å². The third kappa shape index (κ3) is 5.78. The normalized spacial score (nSPS) is 10.5. The average molecular weight is 387 g/mol. The quantitative estimate of drug-likeness (QED) is 0.740. The van der Waals surface area contributed by atoms with Gasteiger partial charge in [0, 0.05) is 17.0 Å². The zero-order valence-electron chi connectivity index (χ0n) is 12.9. The molecular formula is C16H16Cl2N2O3S. The molecule has 0 saturated carbocycles. The Balaban J connectivity index is 1.77. The zero-order valence-corrected chi connectivity index (χ0v) is 15.2. The van der Waals surface area contributed by atoms with Gasteiger partial charge in [0.15, 0.2) is 0 Å². The number of rotatable bonds is 7. The first-order valence-corrected chi connectivity index (χ1v) is 8.81. The van der Waals surface area contributed by atoms with Crippen molar-refractivity contribution in [1.82, 2.24) is 10.2 Å². The molecule has 2 aromatic rings. The lowest BCUT2D eigenvalue weighted by molar-refractivity contribution is -0.132. The maximum atomic E-state index is 12.1. The second-order valence-electron chi connectivity index (χ2n) is 4.97. The Hall–Kier alpha value is -1.63. The molecule has 0 fully saturated rings. The molecule has 24 heavy (non-hydrogen) atoms. The first kappa shape index (κ1) is 18.7. The summed E-state index contributed by atoms with van der Waals surface area (Å²) < 4.78 is 5.12. The molecule has 2 amide bonds. The molecule has 1 aromatic heterocycles. The van der Waals surface area contributed by atoms with E-state index in [1.54, 1.807) is 37.4 Å². The molecular weight excluding hydrogens is 371 g/mol. The lowest BCUT2D eigenvalue weighted by atomic mass is 10.4. The molecule has 0 radical (unpaired) electrons. The van der Waals surface area contributed by atoms with Gasteiger partial charge in [0.05, 0.1) is 30.1 Å². The second-order valence-corrected chi connectivity index (χ2v) is 6.83. The summed E-state index contributed by atoms with van der Waals surface area (Å²) in [7, 11) is 1.58. The van der Waals surface area contributed by atoms with Crippen LogP contribution in [0.25, 0.3) is 0 Å². The number of nitrogens with one attached hydrogen (secondary N) is 1. The van der Waals surface area contributed by atoms with Crippen molar-refractivity contribution in [2.75, 3.05) is 19.3 Å². The minimum Gasteiger partial charge on any atom is -0.467 e. The summed E-state index contributed by atoms with van der Waals surface area (Å²) in [5.74, 6) is 0.392. The van der Waals surface area contributed by atoms with Crippen molar-refractivity contribution in [2.24, 2.45) is 0 Å². The summed E-state index contributed by atoms with van der Waals surface area (Å²) >= 11 is 13.3. The van der Waals surface area contributed by atoms with E-state index >= 15 is 0 Å². The van der Waals surface area contributed by atoms with Crippen molar-refractivity contribution in [3.8, 4) is 0 Å². The van der Waals surface area contributed by atoms with Crippen molar-refractivity contribution in [1.29, 1.82) is 0 Å². The molecule has 1 aromatic carbocycles. The van der Waals surface area contributed by atoms with Crippen LogP contribution in [0.3, 0.4) is 0 Å². The molecule has 0 aliphatic heterocycles. The van der Waals surface area contributed by atoms with E-state index in [9.17, 15) is 9.59 Å². The summed E-state index contributed by atoms with van der Waals surface area (Å²) in [5, 5.41) is 3.78. The fourth-order valence-electron chi connectivity index (χ4n) is 1.80. The SMILES string of the molecule is CN(CC(=O)NCc1ccco1)C(=O)CSc1cc(Cl)ccc1Cl. The van der Waals surface area contributed by atoms with E-state index in [4.69, 9.17) is 27.6 Å². The Morgan fingerprint density at radius 2 is 2.08 bits per heavy atom. The largest absolute Gasteiger partial charge is 0.467 e. The number of carbonyl (C=O) groups is 2. The standard InChI is InChI=1S/C16H16Cl2N2O3S/c1-20(9-15(21)19-8-12-3-2-6-23-12)16(22)10-24-14-7-11(17)4-5-13(14)18/h2-7H,8-10H2,1H3,(H,19,21). The molecule has 1 heterocycles. The number of amides is 2. The monoisotopic (exact) mass is 386 g/mol. The van der Waals surface area contributed by atoms with E-state index in [-0.39, 0.29) is 24.1 Å². The number of carbonyl (C=O) groups excluding carboxylic acids is 2. The van der Waals surface area contributed by atoms with Gasteiger partial charge < -0.3 is 14.6 Å². The Labute approximate surface area is 154 Å². The lowest BCUT2D eigenvalue weighted by Gasteiger charge is -2.16. The maximum absolute atomic E-state index is 12.1. The molecule has 1 N–H and O–H groups in total. The minimum atomic E-state index is -0.256. The van der Waals surface area contributed by atoms with E-state index in [0.717, 1.165) is 4.90 Å². The number of benzene rings is 1. The van der Waals surface area contributed by atoms with E-state index in [1.165, 1.54) is 22.9 Å². The zero-order chi connectivity index (χ0) is 17.5. The third-order valence-electron chi connectivity index (χ3n) is 3.09. The van der Waals surface area contributed by atoms with Crippen LogP contribution in [0.1, 0.15) is 5.76 Å². The fraction of sp³-hybridized carbons (Fsp3) is 0.250. The Kier molecular flexibility index (Phi) is 7.02. The van der Waals surface area contributed by atoms with E-state index in [2.05, 4.69) is 5.32 Å². The number of halogens is 2. The Bertz CT molecular complexity index is 707. The van der Waals surface area contributed by atoms with E-state index < -0.39 is 0 Å². The predicted octanol–water partition coefficient (Wildman–Crippen LogP) is 3.45. The molecule has 0 spiro atoms. The second kappa shape index (κ2) is 9.01. The van der Waals surface area contributed by atoms with Gasteiger partial charge >= 0.3 is 0 Å². The van der Waals surface area contributed by atoms with Crippen LogP contribution in [-0.2, 0) is 16.1 Å². The van der Waals surface area contributed by atoms with Crippen LogP contribution in [-0.4, -0.2) is 36.1 Å². The number of thioether (sulfide) groups is 1. The number of furan rings is 1. The maximum Gasteiger partial charge on any atom is 0.239 e. The first-order chi connectivity index (χ1) is 11.5. The number of hydrogen-bond acceptors (Lipinski definition) is 4. The van der Waals surface area contributed by atoms with Crippen molar-refractivity contribution in [3.05, 3.63) is 52.4 Å². The molecule has 0 saturated heterocycles. The molecule has 0 unspecified atom stereocenters. The van der Waals surface area contributed by atoms with Gasteiger partial charge in [-0.25, -0.2) is 0 Å². The number of hydrogen-bond donors (Lipinski definition) is 1. The van der Waals surface area contributed by atoms with Gasteiger partial charge in [-0.15, -0.1) is 11.8 Å². The average Bonchev–Trinajstić information content (AvgIpc) is 3.07. The van der Waals surface area contributed by atoms with Crippen molar-refractivity contribution >= 4 is 46.8 Å². The summed E-state index contributed by atoms with van der Waals surface area (Å²) in [6, 6.07) is 8.58. The van der Waals surface area contributed by atoms with E-state index in [1.807, 2.05) is 0 Å². The molecule has 0 bridgehead atoms. The predicted molar refractivity (Wildman–Crippen MR) is 95.4 cm³/mol. The van der Waals surface area contributed by atoms with Crippen molar-refractivity contribution < 1.29 is 14.0 Å². The molecule has 0 aliphatic rings. The van der Waals surface area contributed by atoms with Gasteiger partial charge in [0.1, 0.15) is 5.76 Å². The molecule has 2 rings (SSSR count). The molecule has 0 atom stereocenters. The number of nitrogens with zero attached hydrogens (tertiary/aromatic N) is 1. The van der Waals surface area contributed by atoms with Crippen LogP contribution in [0, 0.1) is 0 Å². The highest BCUT2D eigenvalue weighted by Gasteiger charge is 2.14. The fourth-order valence-corrected chi connectivity index (χ4v) is 3.23. The minimum absolute atomic E-state index is 0.0244.